The van der Waals surface area contributed by atoms with Crippen LogP contribution in [0.3, 0.4) is 0 Å². The molecule has 1 atom stereocenters. The van der Waals surface area contributed by atoms with E-state index in [1.807, 2.05) is 30.3 Å². The molecule has 0 N–H and O–H groups in total. The molecule has 0 heterocycles. The van der Waals surface area contributed by atoms with Gasteiger partial charge in [0.05, 0.1) is 0 Å². The molecule has 46 heavy (non-hydrogen) atoms. The molecule has 0 radical (unpaired) electrons. The van der Waals surface area contributed by atoms with Gasteiger partial charge in [0, 0.05) is 15.5 Å². The third-order valence-corrected chi connectivity index (χ3v) is 10.2. The average Bonchev–Trinajstić information content (AvgIpc) is 3.08. The van der Waals surface area contributed by atoms with Crippen molar-refractivity contribution in [1.29, 1.82) is 0 Å². The lowest BCUT2D eigenvalue weighted by atomic mass is 9.96. The predicted octanol–water partition coefficient (Wildman–Crippen LogP) is 16.4. The molecule has 0 spiro atoms. The van der Waals surface area contributed by atoms with Gasteiger partial charge in [-0.2, -0.15) is 0 Å². The van der Waals surface area contributed by atoms with Crippen LogP contribution in [-0.2, 0) is 0 Å². The first kappa shape index (κ1) is 44.9. The fraction of sp³-hybridized carbons (Fsp3) is 0.682. The van der Waals surface area contributed by atoms with Crippen LogP contribution in [0.25, 0.3) is 0 Å². The number of hydrogen-bond donors (Lipinski definition) is 1. The highest BCUT2D eigenvalue weighted by Gasteiger charge is 2.09. The minimum atomic E-state index is 0.920. The summed E-state index contributed by atoms with van der Waals surface area (Å²) < 4.78 is 0. The third kappa shape index (κ3) is 32.8. The van der Waals surface area contributed by atoms with E-state index in [0.29, 0.717) is 0 Å². The molecule has 0 aliphatic heterocycles. The normalized spacial score (nSPS) is 11.2. The fourth-order valence-corrected chi connectivity index (χ4v) is 6.91. The van der Waals surface area contributed by atoms with E-state index < -0.39 is 0 Å². The third-order valence-electron chi connectivity index (χ3n) is 8.68. The molecule has 2 aromatic rings. The largest absolute Gasteiger partial charge is 0.143 e. The van der Waals surface area contributed by atoms with Gasteiger partial charge in [-0.1, -0.05) is 192 Å². The van der Waals surface area contributed by atoms with Gasteiger partial charge in [0.2, 0.25) is 0 Å². The van der Waals surface area contributed by atoms with Crippen molar-refractivity contribution in [1.82, 2.24) is 0 Å². The van der Waals surface area contributed by atoms with Crippen LogP contribution in [0.5, 0.6) is 0 Å². The van der Waals surface area contributed by atoms with E-state index in [0.717, 1.165) is 10.8 Å². The standard InChI is InChI=1S/C22H38S.C16H32.C6H6S/c1-3-5-7-9-10-13-17-21(16-12-8-6-4-2)20-23-22-18-14-11-15-19-22;1-4-6-8-10-11-13-15-16(3)14-12-9-7-5-2;7-6-4-2-1-3-5-6/h11,14-15,18-19,21H,3-10,12-13,16-17,20H2,1-2H3;3-15H2,1-2H3;1-5,7H. The van der Waals surface area contributed by atoms with E-state index in [1.54, 1.807) is 0 Å². The second-order valence-corrected chi connectivity index (χ2v) is 14.9. The molecule has 1 unspecified atom stereocenters. The lowest BCUT2D eigenvalue weighted by Crippen LogP contribution is -2.04. The van der Waals surface area contributed by atoms with Crippen LogP contribution < -0.4 is 0 Å². The van der Waals surface area contributed by atoms with Gasteiger partial charge in [-0.3, -0.25) is 0 Å². The van der Waals surface area contributed by atoms with E-state index in [4.69, 9.17) is 0 Å². The Balaban J connectivity index is 0.000000756. The minimum Gasteiger partial charge on any atom is -0.143 e. The van der Waals surface area contributed by atoms with Gasteiger partial charge in [-0.05, 0) is 68.7 Å². The van der Waals surface area contributed by atoms with Crippen LogP contribution in [0.4, 0.5) is 0 Å². The van der Waals surface area contributed by atoms with Crippen LogP contribution in [0.15, 0.2) is 82.6 Å². The molecule has 0 bridgehead atoms. The lowest BCUT2D eigenvalue weighted by molar-refractivity contribution is 0.440. The highest BCUT2D eigenvalue weighted by atomic mass is 32.2. The molecule has 2 aromatic carbocycles. The number of hydrogen-bond acceptors (Lipinski definition) is 2. The second-order valence-electron chi connectivity index (χ2n) is 13.3. The molecule has 0 aliphatic carbocycles. The van der Waals surface area contributed by atoms with E-state index in [2.05, 4.69) is 89.0 Å². The molecular weight excluding hydrogens is 593 g/mol. The topological polar surface area (TPSA) is 0 Å². The molecular formula is C44H76S2. The number of allylic oxidation sites excluding steroid dienone is 1. The highest BCUT2D eigenvalue weighted by Crippen LogP contribution is 2.27. The van der Waals surface area contributed by atoms with E-state index in [-0.39, 0.29) is 0 Å². The molecule has 0 fully saturated rings. The molecule has 264 valence electrons. The Morgan fingerprint density at radius 2 is 0.891 bits per heavy atom. The van der Waals surface area contributed by atoms with Crippen LogP contribution in [0, 0.1) is 5.92 Å². The Bertz CT molecular complexity index is 847. The Morgan fingerprint density at radius 3 is 1.33 bits per heavy atom. The summed E-state index contributed by atoms with van der Waals surface area (Å²) >= 11 is 6.15. The molecule has 0 saturated heterocycles. The van der Waals surface area contributed by atoms with Gasteiger partial charge in [0.1, 0.15) is 0 Å². The van der Waals surface area contributed by atoms with Crippen molar-refractivity contribution in [2.75, 3.05) is 5.75 Å². The van der Waals surface area contributed by atoms with Crippen molar-refractivity contribution >= 4 is 24.4 Å². The monoisotopic (exact) mass is 669 g/mol. The average molecular weight is 669 g/mol. The van der Waals surface area contributed by atoms with Crippen LogP contribution in [0.1, 0.15) is 182 Å². The number of rotatable bonds is 27. The lowest BCUT2D eigenvalue weighted by Gasteiger charge is -2.16. The first-order valence-corrected chi connectivity index (χ1v) is 21.1. The second kappa shape index (κ2) is 36.7. The molecule has 0 saturated carbocycles. The smallest absolute Gasteiger partial charge is 0.00720 e. The molecule has 0 amide bonds. The number of unbranched alkanes of at least 4 members (excludes halogenated alkanes) is 16. The molecule has 0 aromatic heterocycles. The summed E-state index contributed by atoms with van der Waals surface area (Å²) in [5, 5.41) is 0. The van der Waals surface area contributed by atoms with E-state index in [9.17, 15) is 0 Å². The predicted molar refractivity (Wildman–Crippen MR) is 217 cm³/mol. The number of benzene rings is 2. The van der Waals surface area contributed by atoms with Gasteiger partial charge >= 0.3 is 0 Å². The highest BCUT2D eigenvalue weighted by molar-refractivity contribution is 7.99. The number of thioether (sulfide) groups is 1. The maximum Gasteiger partial charge on any atom is 0.00720 e. The van der Waals surface area contributed by atoms with Crippen LogP contribution in [-0.4, -0.2) is 5.75 Å². The first-order chi connectivity index (χ1) is 22.6. The van der Waals surface area contributed by atoms with Crippen molar-refractivity contribution < 1.29 is 0 Å². The Kier molecular flexibility index (Phi) is 35.8. The molecule has 0 aliphatic rings. The Hall–Kier alpha value is -1.12. The summed E-state index contributed by atoms with van der Waals surface area (Å²) in [5.41, 5.74) is 1.49. The first-order valence-electron chi connectivity index (χ1n) is 19.7. The minimum absolute atomic E-state index is 0.920. The van der Waals surface area contributed by atoms with Gasteiger partial charge in [-0.15, -0.1) is 24.4 Å². The Morgan fingerprint density at radius 1 is 0.522 bits per heavy atom. The van der Waals surface area contributed by atoms with E-state index in [1.165, 1.54) is 170 Å². The molecule has 2 heteroatoms. The maximum atomic E-state index is 4.19. The number of thiol groups is 1. The van der Waals surface area contributed by atoms with Crippen molar-refractivity contribution in [3.63, 3.8) is 0 Å². The van der Waals surface area contributed by atoms with Crippen molar-refractivity contribution in [2.45, 2.75) is 192 Å². The summed E-state index contributed by atoms with van der Waals surface area (Å²) in [6, 6.07) is 20.7. The van der Waals surface area contributed by atoms with E-state index >= 15 is 0 Å². The zero-order valence-corrected chi connectivity index (χ0v) is 32.8. The summed E-state index contributed by atoms with van der Waals surface area (Å²) in [6.07, 6.45) is 33.5. The van der Waals surface area contributed by atoms with Gasteiger partial charge in [-0.25, -0.2) is 0 Å². The van der Waals surface area contributed by atoms with Gasteiger partial charge in [0.25, 0.3) is 0 Å². The summed E-state index contributed by atoms with van der Waals surface area (Å²) in [5.74, 6) is 2.23. The van der Waals surface area contributed by atoms with Crippen molar-refractivity contribution in [3.8, 4) is 0 Å². The quantitative estimate of drug-likeness (QED) is 0.0428. The van der Waals surface area contributed by atoms with Crippen LogP contribution >= 0.6 is 24.4 Å². The van der Waals surface area contributed by atoms with Crippen molar-refractivity contribution in [3.05, 3.63) is 72.8 Å². The van der Waals surface area contributed by atoms with Crippen molar-refractivity contribution in [2.24, 2.45) is 5.92 Å². The fourth-order valence-electron chi connectivity index (χ4n) is 5.63. The SMILES string of the molecule is C=C(CCCCCC)CCCCCCCC.CCCCCCCCC(CCCCCC)CSc1ccccc1.Sc1ccccc1. The Labute approximate surface area is 299 Å². The van der Waals surface area contributed by atoms with Gasteiger partial charge in [0.15, 0.2) is 0 Å². The summed E-state index contributed by atoms with van der Waals surface area (Å²) in [4.78, 5) is 2.46. The zero-order chi connectivity index (χ0) is 33.8. The van der Waals surface area contributed by atoms with Gasteiger partial charge < -0.3 is 0 Å². The van der Waals surface area contributed by atoms with Crippen LogP contribution in [0.2, 0.25) is 0 Å². The maximum absolute atomic E-state index is 4.19. The zero-order valence-electron chi connectivity index (χ0n) is 31.1. The molecule has 2 rings (SSSR count). The molecule has 0 nitrogen and oxygen atoms in total. The summed E-state index contributed by atoms with van der Waals surface area (Å²) in [6.45, 7) is 13.3. The summed E-state index contributed by atoms with van der Waals surface area (Å²) in [7, 11) is 0.